The molecule has 8 nitrogen and oxygen atoms in total. The van der Waals surface area contributed by atoms with E-state index in [-0.39, 0.29) is 12.7 Å². The number of nitrogens with zero attached hydrogens (tertiary/aromatic N) is 1. The topological polar surface area (TPSA) is 86.7 Å². The molecular formula is C16H33NO7. The number of aliphatic hydroxyl groups is 1. The highest BCUT2D eigenvalue weighted by Gasteiger charge is 2.19. The summed E-state index contributed by atoms with van der Waals surface area (Å²) in [6.07, 6.45) is -0.359. The van der Waals surface area contributed by atoms with E-state index < -0.39 is 5.60 Å². The molecule has 0 spiro atoms. The average Bonchev–Trinajstić information content (AvgIpc) is 2.50. The summed E-state index contributed by atoms with van der Waals surface area (Å²) < 4.78 is 26.3. The molecule has 0 aromatic rings. The van der Waals surface area contributed by atoms with Crippen LogP contribution in [0.3, 0.4) is 0 Å². The van der Waals surface area contributed by atoms with E-state index in [9.17, 15) is 4.79 Å². The Bertz CT molecular complexity index is 307. The van der Waals surface area contributed by atoms with E-state index in [1.54, 1.807) is 7.05 Å². The van der Waals surface area contributed by atoms with Crippen molar-refractivity contribution in [2.45, 2.75) is 26.4 Å². The molecule has 0 aliphatic rings. The average molecular weight is 351 g/mol. The Morgan fingerprint density at radius 3 is 1.67 bits per heavy atom. The highest BCUT2D eigenvalue weighted by Crippen LogP contribution is 2.08. The van der Waals surface area contributed by atoms with Gasteiger partial charge in [-0.25, -0.2) is 4.79 Å². The Morgan fingerprint density at radius 1 is 0.833 bits per heavy atom. The van der Waals surface area contributed by atoms with Gasteiger partial charge in [0, 0.05) is 13.6 Å². The molecule has 0 radical (unpaired) electrons. The van der Waals surface area contributed by atoms with Gasteiger partial charge in [0.1, 0.15) is 5.60 Å². The van der Waals surface area contributed by atoms with Gasteiger partial charge in [0.2, 0.25) is 0 Å². The Kier molecular flexibility index (Phi) is 13.9. The quantitative estimate of drug-likeness (QED) is 0.466. The summed E-state index contributed by atoms with van der Waals surface area (Å²) in [5.74, 6) is 0. The van der Waals surface area contributed by atoms with Crippen LogP contribution in [0.5, 0.6) is 0 Å². The van der Waals surface area contributed by atoms with Crippen molar-refractivity contribution < 1.29 is 33.6 Å². The van der Waals surface area contributed by atoms with Crippen molar-refractivity contribution in [1.82, 2.24) is 4.90 Å². The number of hydrogen-bond acceptors (Lipinski definition) is 7. The Hall–Kier alpha value is -0.930. The highest BCUT2D eigenvalue weighted by atomic mass is 16.6. The van der Waals surface area contributed by atoms with Crippen LogP contribution in [0, 0.1) is 0 Å². The number of rotatable bonds is 14. The second-order valence-corrected chi connectivity index (χ2v) is 6.07. The van der Waals surface area contributed by atoms with Gasteiger partial charge >= 0.3 is 6.09 Å². The van der Waals surface area contributed by atoms with Gasteiger partial charge in [-0.05, 0) is 20.8 Å². The fourth-order valence-corrected chi connectivity index (χ4v) is 1.46. The van der Waals surface area contributed by atoms with Crippen LogP contribution in [-0.4, -0.2) is 94.8 Å². The van der Waals surface area contributed by atoms with E-state index in [1.165, 1.54) is 4.90 Å². The number of likely N-dealkylation sites (N-methyl/N-ethyl adjacent to an activating group) is 1. The van der Waals surface area contributed by atoms with Crippen molar-refractivity contribution >= 4 is 6.09 Å². The zero-order valence-corrected chi connectivity index (χ0v) is 15.4. The van der Waals surface area contributed by atoms with Gasteiger partial charge in [-0.3, -0.25) is 0 Å². The largest absolute Gasteiger partial charge is 0.444 e. The van der Waals surface area contributed by atoms with Gasteiger partial charge in [0.15, 0.2) is 0 Å². The lowest BCUT2D eigenvalue weighted by atomic mass is 10.2. The van der Waals surface area contributed by atoms with Gasteiger partial charge < -0.3 is 33.7 Å². The molecule has 1 amide bonds. The molecule has 0 aromatic heterocycles. The molecule has 24 heavy (non-hydrogen) atoms. The number of hydrogen-bond donors (Lipinski definition) is 1. The van der Waals surface area contributed by atoms with Crippen LogP contribution in [0.4, 0.5) is 4.79 Å². The van der Waals surface area contributed by atoms with Crippen LogP contribution in [-0.2, 0) is 23.7 Å². The van der Waals surface area contributed by atoms with Crippen LogP contribution in [0.2, 0.25) is 0 Å². The molecule has 0 saturated carbocycles. The van der Waals surface area contributed by atoms with E-state index in [2.05, 4.69) is 0 Å². The summed E-state index contributed by atoms with van der Waals surface area (Å²) in [6, 6.07) is 0. The first-order chi connectivity index (χ1) is 11.4. The van der Waals surface area contributed by atoms with Crippen LogP contribution in [0.15, 0.2) is 0 Å². The summed E-state index contributed by atoms with van der Waals surface area (Å²) in [5.41, 5.74) is -0.493. The number of aliphatic hydroxyl groups excluding tert-OH is 1. The Balaban J connectivity index is 3.32. The van der Waals surface area contributed by atoms with Crippen molar-refractivity contribution in [2.24, 2.45) is 0 Å². The van der Waals surface area contributed by atoms with Crippen LogP contribution >= 0.6 is 0 Å². The maximum atomic E-state index is 11.7. The fourth-order valence-electron chi connectivity index (χ4n) is 1.46. The number of amides is 1. The third kappa shape index (κ3) is 15.9. The SMILES string of the molecule is CN(CCOCCOCCOCCOCCO)C(=O)OC(C)(C)C. The summed E-state index contributed by atoms with van der Waals surface area (Å²) in [6.45, 7) is 9.61. The van der Waals surface area contributed by atoms with Crippen molar-refractivity contribution in [3.8, 4) is 0 Å². The summed E-state index contributed by atoms with van der Waals surface area (Å²) >= 11 is 0. The lowest BCUT2D eigenvalue weighted by Gasteiger charge is -2.24. The molecule has 0 aliphatic heterocycles. The molecule has 1 N–H and O–H groups in total. The second kappa shape index (κ2) is 14.4. The Labute approximate surface area is 144 Å². The molecule has 0 fully saturated rings. The molecule has 0 bridgehead atoms. The lowest BCUT2D eigenvalue weighted by Crippen LogP contribution is -2.36. The standard InChI is InChI=1S/C16H33NO7/c1-16(2,3)24-15(19)17(4)5-7-20-9-11-22-13-14-23-12-10-21-8-6-18/h18H,5-14H2,1-4H3. The fraction of sp³-hybridized carbons (Fsp3) is 0.938. The minimum Gasteiger partial charge on any atom is -0.444 e. The van der Waals surface area contributed by atoms with Crippen molar-refractivity contribution in [3.63, 3.8) is 0 Å². The zero-order valence-electron chi connectivity index (χ0n) is 15.4. The first-order valence-electron chi connectivity index (χ1n) is 8.23. The smallest absolute Gasteiger partial charge is 0.410 e. The third-order valence-corrected chi connectivity index (χ3v) is 2.63. The maximum Gasteiger partial charge on any atom is 0.410 e. The van der Waals surface area contributed by atoms with Gasteiger partial charge in [0.05, 0.1) is 59.5 Å². The molecular weight excluding hydrogens is 318 g/mol. The molecule has 0 heterocycles. The molecule has 0 aliphatic carbocycles. The monoisotopic (exact) mass is 351 g/mol. The minimum atomic E-state index is -0.493. The van der Waals surface area contributed by atoms with Crippen LogP contribution in [0.25, 0.3) is 0 Å². The zero-order chi connectivity index (χ0) is 18.3. The maximum absolute atomic E-state index is 11.7. The normalized spacial score (nSPS) is 11.5. The van der Waals surface area contributed by atoms with Crippen molar-refractivity contribution in [2.75, 3.05) is 73.1 Å². The molecule has 0 aromatic carbocycles. The minimum absolute atomic E-state index is 0.0245. The van der Waals surface area contributed by atoms with Gasteiger partial charge in [-0.1, -0.05) is 0 Å². The molecule has 0 rings (SSSR count). The first kappa shape index (κ1) is 23.1. The highest BCUT2D eigenvalue weighted by molar-refractivity contribution is 5.67. The van der Waals surface area contributed by atoms with Crippen molar-refractivity contribution in [3.05, 3.63) is 0 Å². The first-order valence-corrected chi connectivity index (χ1v) is 8.23. The van der Waals surface area contributed by atoms with Crippen LogP contribution < -0.4 is 0 Å². The van der Waals surface area contributed by atoms with Gasteiger partial charge in [-0.2, -0.15) is 0 Å². The number of ether oxygens (including phenoxy) is 5. The Morgan fingerprint density at radius 2 is 1.25 bits per heavy atom. The van der Waals surface area contributed by atoms with E-state index in [0.717, 1.165) is 0 Å². The third-order valence-electron chi connectivity index (χ3n) is 2.63. The van der Waals surface area contributed by atoms with Gasteiger partial charge in [-0.15, -0.1) is 0 Å². The molecule has 0 atom stereocenters. The van der Waals surface area contributed by atoms with E-state index in [4.69, 9.17) is 28.8 Å². The van der Waals surface area contributed by atoms with Crippen molar-refractivity contribution in [1.29, 1.82) is 0 Å². The van der Waals surface area contributed by atoms with E-state index >= 15 is 0 Å². The second-order valence-electron chi connectivity index (χ2n) is 6.07. The van der Waals surface area contributed by atoms with Gasteiger partial charge in [0.25, 0.3) is 0 Å². The summed E-state index contributed by atoms with van der Waals surface area (Å²) in [4.78, 5) is 13.2. The molecule has 0 saturated heterocycles. The molecule has 8 heteroatoms. The summed E-state index contributed by atoms with van der Waals surface area (Å²) in [5, 5.41) is 8.51. The number of carbonyl (C=O) groups is 1. The van der Waals surface area contributed by atoms with E-state index in [1.807, 2.05) is 20.8 Å². The predicted molar refractivity (Wildman–Crippen MR) is 89.2 cm³/mol. The van der Waals surface area contributed by atoms with Crippen LogP contribution in [0.1, 0.15) is 20.8 Å². The number of carbonyl (C=O) groups excluding carboxylic acids is 1. The predicted octanol–water partition coefficient (Wildman–Crippen LogP) is 0.912. The molecule has 144 valence electrons. The lowest BCUT2D eigenvalue weighted by molar-refractivity contribution is -0.00853. The van der Waals surface area contributed by atoms with E-state index in [0.29, 0.717) is 59.4 Å². The molecule has 0 unspecified atom stereocenters. The summed E-state index contributed by atoms with van der Waals surface area (Å²) in [7, 11) is 1.68.